The van der Waals surface area contributed by atoms with Crippen LogP contribution in [0.4, 0.5) is 0 Å². The molecule has 8 heteroatoms. The molecule has 1 saturated heterocycles. The summed E-state index contributed by atoms with van der Waals surface area (Å²) in [5.41, 5.74) is 0. The third-order valence-electron chi connectivity index (χ3n) is 4.30. The zero-order valence-corrected chi connectivity index (χ0v) is 16.1. The second kappa shape index (κ2) is 9.89. The number of halogens is 1. The van der Waals surface area contributed by atoms with Gasteiger partial charge in [-0.3, -0.25) is 4.79 Å². The highest BCUT2D eigenvalue weighted by Gasteiger charge is 2.24. The van der Waals surface area contributed by atoms with Crippen molar-refractivity contribution in [1.29, 1.82) is 0 Å². The van der Waals surface area contributed by atoms with Crippen LogP contribution < -0.4 is 5.32 Å². The number of aromatic nitrogens is 2. The Balaban J connectivity index is 0.00000225. The maximum atomic E-state index is 12.7. The number of piperidine rings is 1. The van der Waals surface area contributed by atoms with Crippen molar-refractivity contribution >= 4 is 29.7 Å². The summed E-state index contributed by atoms with van der Waals surface area (Å²) >= 11 is 1.58. The molecular weight excluding hydrogens is 360 g/mol. The zero-order valence-electron chi connectivity index (χ0n) is 14.4. The minimum atomic E-state index is 0. The lowest BCUT2D eigenvalue weighted by atomic mass is 10.0. The van der Waals surface area contributed by atoms with Crippen LogP contribution in [-0.2, 0) is 11.2 Å². The van der Waals surface area contributed by atoms with Gasteiger partial charge in [-0.2, -0.15) is 4.98 Å². The van der Waals surface area contributed by atoms with Crippen LogP contribution in [0.1, 0.15) is 38.5 Å². The van der Waals surface area contributed by atoms with Crippen molar-refractivity contribution in [2.24, 2.45) is 0 Å². The van der Waals surface area contributed by atoms with Gasteiger partial charge in [-0.05, 0) is 43.8 Å². The first-order chi connectivity index (χ1) is 11.8. The second-order valence-corrected chi connectivity index (χ2v) is 7.01. The lowest BCUT2D eigenvalue weighted by Crippen LogP contribution is -2.46. The highest BCUT2D eigenvalue weighted by molar-refractivity contribution is 7.13. The molecule has 0 bridgehead atoms. The van der Waals surface area contributed by atoms with Crippen LogP contribution in [0, 0.1) is 0 Å². The van der Waals surface area contributed by atoms with E-state index < -0.39 is 0 Å². The molecule has 25 heavy (non-hydrogen) atoms. The van der Waals surface area contributed by atoms with E-state index in [1.807, 2.05) is 17.5 Å². The Morgan fingerprint density at radius 3 is 2.92 bits per heavy atom. The molecule has 138 valence electrons. The second-order valence-electron chi connectivity index (χ2n) is 6.06. The van der Waals surface area contributed by atoms with E-state index in [-0.39, 0.29) is 18.3 Å². The first-order valence-electron chi connectivity index (χ1n) is 8.64. The molecule has 2 aromatic heterocycles. The Labute approximate surface area is 158 Å². The van der Waals surface area contributed by atoms with Gasteiger partial charge in [-0.1, -0.05) is 18.1 Å². The fourth-order valence-electron chi connectivity index (χ4n) is 3.09. The molecule has 1 aliphatic heterocycles. The molecule has 0 radical (unpaired) electrons. The minimum Gasteiger partial charge on any atom is -0.340 e. The number of rotatable bonds is 7. The molecule has 6 nitrogen and oxygen atoms in total. The van der Waals surface area contributed by atoms with Crippen molar-refractivity contribution in [2.45, 2.75) is 45.1 Å². The Kier molecular flexibility index (Phi) is 7.87. The average molecular weight is 385 g/mol. The first-order valence-corrected chi connectivity index (χ1v) is 9.52. The molecule has 0 aliphatic carbocycles. The van der Waals surface area contributed by atoms with Crippen molar-refractivity contribution < 1.29 is 9.32 Å². The molecule has 0 saturated carbocycles. The summed E-state index contributed by atoms with van der Waals surface area (Å²) in [6.07, 6.45) is 3.99. The van der Waals surface area contributed by atoms with E-state index in [0.717, 1.165) is 43.8 Å². The van der Waals surface area contributed by atoms with Gasteiger partial charge >= 0.3 is 0 Å². The molecule has 1 fully saturated rings. The van der Waals surface area contributed by atoms with E-state index in [4.69, 9.17) is 4.52 Å². The van der Waals surface area contributed by atoms with Crippen molar-refractivity contribution in [1.82, 2.24) is 20.4 Å². The Morgan fingerprint density at radius 1 is 1.44 bits per heavy atom. The summed E-state index contributed by atoms with van der Waals surface area (Å²) < 4.78 is 5.29. The van der Waals surface area contributed by atoms with Crippen LogP contribution in [0.2, 0.25) is 0 Å². The summed E-state index contributed by atoms with van der Waals surface area (Å²) in [5.74, 6) is 1.34. The van der Waals surface area contributed by atoms with Crippen LogP contribution >= 0.6 is 23.7 Å². The maximum absolute atomic E-state index is 12.7. The van der Waals surface area contributed by atoms with E-state index in [9.17, 15) is 4.79 Å². The van der Waals surface area contributed by atoms with Crippen molar-refractivity contribution in [3.63, 3.8) is 0 Å². The van der Waals surface area contributed by atoms with Gasteiger partial charge in [0.2, 0.25) is 17.6 Å². The van der Waals surface area contributed by atoms with Gasteiger partial charge in [-0.15, -0.1) is 23.7 Å². The average Bonchev–Trinajstić information content (AvgIpc) is 3.29. The summed E-state index contributed by atoms with van der Waals surface area (Å²) in [6, 6.07) is 4.29. The van der Waals surface area contributed by atoms with E-state index in [2.05, 4.69) is 27.3 Å². The number of aryl methyl sites for hydroxylation is 1. The molecule has 3 rings (SSSR count). The topological polar surface area (TPSA) is 71.3 Å². The Bertz CT molecular complexity index is 641. The molecule has 0 aromatic carbocycles. The molecule has 2 aromatic rings. The van der Waals surface area contributed by atoms with Crippen LogP contribution in [0.25, 0.3) is 10.7 Å². The van der Waals surface area contributed by atoms with E-state index in [0.29, 0.717) is 30.6 Å². The first kappa shape index (κ1) is 19.9. The smallest absolute Gasteiger partial charge is 0.227 e. The van der Waals surface area contributed by atoms with Gasteiger partial charge in [0.05, 0.1) is 4.88 Å². The molecule has 0 spiro atoms. The van der Waals surface area contributed by atoms with Gasteiger partial charge in [0, 0.05) is 25.4 Å². The number of hydrogen-bond acceptors (Lipinski definition) is 6. The predicted molar refractivity (Wildman–Crippen MR) is 101 cm³/mol. The highest BCUT2D eigenvalue weighted by Crippen LogP contribution is 2.22. The van der Waals surface area contributed by atoms with Gasteiger partial charge < -0.3 is 14.7 Å². The third kappa shape index (κ3) is 5.26. The minimum absolute atomic E-state index is 0. The zero-order chi connectivity index (χ0) is 16.8. The van der Waals surface area contributed by atoms with Crippen molar-refractivity contribution in [2.75, 3.05) is 19.6 Å². The lowest BCUT2D eigenvalue weighted by Gasteiger charge is -2.34. The standard InChI is InChI=1S/C17H24N4O2S.ClH/c1-2-11-21(13-7-9-18-10-8-13)16(22)6-5-15-19-17(20-23-15)14-4-3-12-24-14;/h3-4,12-13,18H,2,5-11H2,1H3;1H. The number of carbonyl (C=O) groups excluding carboxylic acids is 1. The van der Waals surface area contributed by atoms with E-state index >= 15 is 0 Å². The normalized spacial score (nSPS) is 14.9. The monoisotopic (exact) mass is 384 g/mol. The van der Waals surface area contributed by atoms with Gasteiger partial charge in [0.25, 0.3) is 0 Å². The quantitative estimate of drug-likeness (QED) is 0.793. The molecular formula is C17H25ClN4O2S. The van der Waals surface area contributed by atoms with E-state index in [1.54, 1.807) is 11.3 Å². The van der Waals surface area contributed by atoms with Gasteiger partial charge in [-0.25, -0.2) is 0 Å². The SMILES string of the molecule is CCCN(C(=O)CCc1nc(-c2cccs2)no1)C1CCNCC1.Cl. The van der Waals surface area contributed by atoms with E-state index in [1.165, 1.54) is 0 Å². The summed E-state index contributed by atoms with van der Waals surface area (Å²) in [6.45, 7) is 4.93. The Morgan fingerprint density at radius 2 is 2.24 bits per heavy atom. The lowest BCUT2D eigenvalue weighted by molar-refractivity contribution is -0.134. The fraction of sp³-hybridized carbons (Fsp3) is 0.588. The molecule has 0 atom stereocenters. The molecule has 0 unspecified atom stereocenters. The fourth-order valence-corrected chi connectivity index (χ4v) is 3.74. The number of nitrogens with one attached hydrogen (secondary N) is 1. The summed E-state index contributed by atoms with van der Waals surface area (Å²) in [7, 11) is 0. The summed E-state index contributed by atoms with van der Waals surface area (Å²) in [5, 5.41) is 9.34. The van der Waals surface area contributed by atoms with Gasteiger partial charge in [0.15, 0.2) is 0 Å². The predicted octanol–water partition coefficient (Wildman–Crippen LogP) is 3.14. The number of thiophene rings is 1. The molecule has 1 aliphatic rings. The van der Waals surface area contributed by atoms with Crippen LogP contribution in [0.5, 0.6) is 0 Å². The largest absolute Gasteiger partial charge is 0.340 e. The Hall–Kier alpha value is -1.44. The van der Waals surface area contributed by atoms with Crippen LogP contribution in [-0.4, -0.2) is 46.6 Å². The van der Waals surface area contributed by atoms with Crippen molar-refractivity contribution in [3.05, 3.63) is 23.4 Å². The maximum Gasteiger partial charge on any atom is 0.227 e. The molecule has 1 amide bonds. The number of carbonyl (C=O) groups is 1. The van der Waals surface area contributed by atoms with Crippen LogP contribution in [0.3, 0.4) is 0 Å². The number of hydrogen-bond donors (Lipinski definition) is 1. The van der Waals surface area contributed by atoms with Crippen molar-refractivity contribution in [3.8, 4) is 10.7 Å². The highest BCUT2D eigenvalue weighted by atomic mass is 35.5. The molecule has 3 heterocycles. The van der Waals surface area contributed by atoms with Crippen LogP contribution in [0.15, 0.2) is 22.0 Å². The number of nitrogens with zero attached hydrogens (tertiary/aromatic N) is 3. The third-order valence-corrected chi connectivity index (χ3v) is 5.16. The molecule has 1 N–H and O–H groups in total. The number of amides is 1. The van der Waals surface area contributed by atoms with Gasteiger partial charge in [0.1, 0.15) is 0 Å². The summed E-state index contributed by atoms with van der Waals surface area (Å²) in [4.78, 5) is 20.1.